The maximum Gasteiger partial charge on any atom is 0.416 e. The molecule has 0 bridgehead atoms. The summed E-state index contributed by atoms with van der Waals surface area (Å²) >= 11 is 0. The summed E-state index contributed by atoms with van der Waals surface area (Å²) in [4.78, 5) is 28.8. The quantitative estimate of drug-likeness (QED) is 0.499. The fourth-order valence-electron chi connectivity index (χ4n) is 5.00. The van der Waals surface area contributed by atoms with Gasteiger partial charge in [0.1, 0.15) is 11.9 Å². The summed E-state index contributed by atoms with van der Waals surface area (Å²) in [6, 6.07) is 5.96. The van der Waals surface area contributed by atoms with Crippen LogP contribution in [-0.4, -0.2) is 48.6 Å². The van der Waals surface area contributed by atoms with Crippen molar-refractivity contribution in [1.82, 2.24) is 10.2 Å². The Morgan fingerprint density at radius 1 is 1.14 bits per heavy atom. The topological polar surface area (TPSA) is 70.7 Å². The first-order valence-corrected chi connectivity index (χ1v) is 12.4. The van der Waals surface area contributed by atoms with Gasteiger partial charge in [-0.3, -0.25) is 9.59 Å². The lowest BCUT2D eigenvalue weighted by molar-refractivity contribution is -0.138. The maximum atomic E-state index is 14.9. The summed E-state index contributed by atoms with van der Waals surface area (Å²) in [5, 5.41) is 6.02. The van der Waals surface area contributed by atoms with E-state index in [1.807, 2.05) is 32.9 Å². The molecule has 2 N–H and O–H groups in total. The Morgan fingerprint density at radius 2 is 1.86 bits per heavy atom. The van der Waals surface area contributed by atoms with Crippen LogP contribution in [0.5, 0.6) is 0 Å². The SMILES string of the molecule is CCNc1ccc(C)cc1C(=O)N1[C@H](C)CC[C@@H]1C(=O)N[C@@H](c1ccc(C(F)(F)F)cc1F)C1COC1. The first kappa shape index (κ1) is 26.9. The number of alkyl halides is 3. The molecule has 6 nitrogen and oxygen atoms in total. The van der Waals surface area contributed by atoms with Gasteiger partial charge in [-0.2, -0.15) is 13.2 Å². The van der Waals surface area contributed by atoms with E-state index in [0.717, 1.165) is 17.7 Å². The van der Waals surface area contributed by atoms with Gasteiger partial charge in [0.25, 0.3) is 5.91 Å². The molecule has 2 fully saturated rings. The second-order valence-electron chi connectivity index (χ2n) is 9.75. The number of halogens is 4. The molecule has 0 saturated carbocycles. The molecule has 0 aromatic heterocycles. The smallest absolute Gasteiger partial charge is 0.385 e. The lowest BCUT2D eigenvalue weighted by atomic mass is 9.90. The predicted molar refractivity (Wildman–Crippen MR) is 131 cm³/mol. The number of aryl methyl sites for hydroxylation is 1. The average Bonchev–Trinajstić information content (AvgIpc) is 3.19. The molecule has 2 aliphatic heterocycles. The minimum atomic E-state index is -4.68. The molecule has 3 atom stereocenters. The Hall–Kier alpha value is -3.14. The molecule has 2 heterocycles. The Labute approximate surface area is 213 Å². The van der Waals surface area contributed by atoms with E-state index in [0.29, 0.717) is 36.7 Å². The lowest BCUT2D eigenvalue weighted by Crippen LogP contribution is -2.51. The highest BCUT2D eigenvalue weighted by Crippen LogP contribution is 2.36. The van der Waals surface area contributed by atoms with E-state index < -0.39 is 35.5 Å². The largest absolute Gasteiger partial charge is 0.416 e. The number of benzene rings is 2. The second-order valence-corrected chi connectivity index (χ2v) is 9.75. The van der Waals surface area contributed by atoms with E-state index in [-0.39, 0.29) is 36.6 Å². The number of carbonyl (C=O) groups excluding carboxylic acids is 2. The zero-order chi connectivity index (χ0) is 26.9. The number of amides is 2. The number of carbonyl (C=O) groups is 2. The highest BCUT2D eigenvalue weighted by Gasteiger charge is 2.42. The summed E-state index contributed by atoms with van der Waals surface area (Å²) in [5.74, 6) is -2.09. The van der Waals surface area contributed by atoms with Gasteiger partial charge in [0.05, 0.1) is 30.4 Å². The van der Waals surface area contributed by atoms with Crippen molar-refractivity contribution in [2.75, 3.05) is 25.1 Å². The van der Waals surface area contributed by atoms with Gasteiger partial charge < -0.3 is 20.3 Å². The Balaban J connectivity index is 1.60. The van der Waals surface area contributed by atoms with Crippen LogP contribution >= 0.6 is 0 Å². The summed E-state index contributed by atoms with van der Waals surface area (Å²) in [6.07, 6.45) is -3.65. The number of rotatable bonds is 7. The van der Waals surface area contributed by atoms with Gasteiger partial charge in [0.15, 0.2) is 0 Å². The highest BCUT2D eigenvalue weighted by atomic mass is 19.4. The molecule has 0 radical (unpaired) electrons. The third-order valence-electron chi connectivity index (χ3n) is 7.07. The van der Waals surface area contributed by atoms with Crippen LogP contribution in [0, 0.1) is 18.7 Å². The summed E-state index contributed by atoms with van der Waals surface area (Å²) in [6.45, 7) is 6.78. The second kappa shape index (κ2) is 10.7. The molecule has 2 saturated heterocycles. The fourth-order valence-corrected chi connectivity index (χ4v) is 5.00. The van der Waals surface area contributed by atoms with Crippen molar-refractivity contribution >= 4 is 17.5 Å². The van der Waals surface area contributed by atoms with E-state index >= 15 is 0 Å². The van der Waals surface area contributed by atoms with Crippen LogP contribution in [0.15, 0.2) is 36.4 Å². The van der Waals surface area contributed by atoms with Crippen molar-refractivity contribution in [3.63, 3.8) is 0 Å². The van der Waals surface area contributed by atoms with Crippen LogP contribution in [0.2, 0.25) is 0 Å². The summed E-state index contributed by atoms with van der Waals surface area (Å²) in [7, 11) is 0. The van der Waals surface area contributed by atoms with Crippen molar-refractivity contribution in [3.05, 3.63) is 64.5 Å². The number of anilines is 1. The molecule has 0 spiro atoms. The third-order valence-corrected chi connectivity index (χ3v) is 7.07. The molecule has 0 unspecified atom stereocenters. The van der Waals surface area contributed by atoms with Gasteiger partial charge in [0, 0.05) is 29.8 Å². The van der Waals surface area contributed by atoms with Crippen LogP contribution in [-0.2, 0) is 15.7 Å². The third kappa shape index (κ3) is 5.58. The highest BCUT2D eigenvalue weighted by molar-refractivity contribution is 6.02. The molecular formula is C27H31F4N3O3. The molecule has 200 valence electrons. The zero-order valence-electron chi connectivity index (χ0n) is 21.0. The van der Waals surface area contributed by atoms with E-state index in [9.17, 15) is 27.2 Å². The van der Waals surface area contributed by atoms with E-state index in [1.165, 1.54) is 0 Å². The molecule has 0 aliphatic carbocycles. The van der Waals surface area contributed by atoms with Crippen LogP contribution in [0.1, 0.15) is 59.8 Å². The number of ether oxygens (including phenoxy) is 1. The molecule has 2 aromatic rings. The Bertz CT molecular complexity index is 1170. The number of likely N-dealkylation sites (tertiary alicyclic amines) is 1. The number of nitrogens with one attached hydrogen (secondary N) is 2. The van der Waals surface area contributed by atoms with Crippen LogP contribution in [0.25, 0.3) is 0 Å². The van der Waals surface area contributed by atoms with Crippen LogP contribution in [0.3, 0.4) is 0 Å². The summed E-state index contributed by atoms with van der Waals surface area (Å²) in [5.41, 5.74) is 0.908. The van der Waals surface area contributed by atoms with Gasteiger partial charge in [-0.25, -0.2) is 4.39 Å². The minimum absolute atomic E-state index is 0.0355. The standard InChI is InChI=1S/C27H31F4N3O3/c1-4-32-22-9-5-15(2)11-20(22)26(36)34-16(3)6-10-23(34)25(35)33-24(17-13-37-14-17)19-8-7-18(12-21(19)28)27(29,30)31/h5,7-9,11-12,16-17,23-24,32H,4,6,10,13-14H2,1-3H3,(H,33,35)/t16-,23-,24-/m1/s1. The lowest BCUT2D eigenvalue weighted by Gasteiger charge is -2.36. The van der Waals surface area contributed by atoms with Crippen LogP contribution in [0.4, 0.5) is 23.2 Å². The van der Waals surface area contributed by atoms with Gasteiger partial charge >= 0.3 is 6.18 Å². The average molecular weight is 522 g/mol. The normalized spacial score (nSPS) is 20.9. The monoisotopic (exact) mass is 521 g/mol. The minimum Gasteiger partial charge on any atom is -0.385 e. The van der Waals surface area contributed by atoms with Crippen molar-refractivity contribution in [2.45, 2.75) is 57.9 Å². The molecule has 10 heteroatoms. The Morgan fingerprint density at radius 3 is 2.46 bits per heavy atom. The molecular weight excluding hydrogens is 490 g/mol. The van der Waals surface area contributed by atoms with Gasteiger partial charge in [0.2, 0.25) is 5.91 Å². The number of hydrogen-bond donors (Lipinski definition) is 2. The molecule has 2 aromatic carbocycles. The Kier molecular flexibility index (Phi) is 7.77. The molecule has 2 aliphatic rings. The summed E-state index contributed by atoms with van der Waals surface area (Å²) < 4.78 is 59.2. The zero-order valence-corrected chi connectivity index (χ0v) is 21.0. The maximum absolute atomic E-state index is 14.9. The molecule has 2 amide bonds. The van der Waals surface area contributed by atoms with Crippen molar-refractivity contribution in [1.29, 1.82) is 0 Å². The van der Waals surface area contributed by atoms with Gasteiger partial charge in [-0.05, 0) is 57.9 Å². The predicted octanol–water partition coefficient (Wildman–Crippen LogP) is 5.08. The number of hydrogen-bond acceptors (Lipinski definition) is 4. The van der Waals surface area contributed by atoms with Crippen molar-refractivity contribution in [3.8, 4) is 0 Å². The first-order valence-electron chi connectivity index (χ1n) is 12.4. The molecule has 4 rings (SSSR count). The fraction of sp³-hybridized carbons (Fsp3) is 0.481. The van der Waals surface area contributed by atoms with Crippen molar-refractivity contribution < 1.29 is 31.9 Å². The van der Waals surface area contributed by atoms with Crippen LogP contribution < -0.4 is 10.6 Å². The van der Waals surface area contributed by atoms with E-state index in [1.54, 1.807) is 11.0 Å². The number of nitrogens with zero attached hydrogens (tertiary/aromatic N) is 1. The van der Waals surface area contributed by atoms with E-state index in [4.69, 9.17) is 4.74 Å². The first-order chi connectivity index (χ1) is 17.5. The van der Waals surface area contributed by atoms with Gasteiger partial charge in [-0.15, -0.1) is 0 Å². The van der Waals surface area contributed by atoms with Gasteiger partial charge in [-0.1, -0.05) is 17.7 Å². The van der Waals surface area contributed by atoms with Crippen molar-refractivity contribution in [2.24, 2.45) is 5.92 Å². The van der Waals surface area contributed by atoms with E-state index in [2.05, 4.69) is 10.6 Å². The molecule has 37 heavy (non-hydrogen) atoms.